The highest BCUT2D eigenvalue weighted by Crippen LogP contribution is 1.93. The van der Waals surface area contributed by atoms with E-state index < -0.39 is 11.5 Å². The third-order valence-electron chi connectivity index (χ3n) is 1.94. The van der Waals surface area contributed by atoms with Gasteiger partial charge in [0, 0.05) is 12.7 Å². The molecule has 0 aliphatic heterocycles. The van der Waals surface area contributed by atoms with Crippen LogP contribution in [-0.2, 0) is 9.53 Å². The summed E-state index contributed by atoms with van der Waals surface area (Å²) in [4.78, 5) is 36.1. The molecule has 0 radical (unpaired) electrons. The number of hydrogen-bond donors (Lipinski definition) is 2. The highest BCUT2D eigenvalue weighted by Gasteiger charge is 2.12. The molecule has 6 nitrogen and oxygen atoms in total. The Morgan fingerprint density at radius 2 is 2.24 bits per heavy atom. The van der Waals surface area contributed by atoms with Gasteiger partial charge in [-0.05, 0) is 18.6 Å². The monoisotopic (exact) mass is 238 g/mol. The first kappa shape index (κ1) is 13.0. The van der Waals surface area contributed by atoms with Crippen LogP contribution in [0.15, 0.2) is 23.1 Å². The average molecular weight is 238 g/mol. The van der Waals surface area contributed by atoms with Crippen LogP contribution >= 0.6 is 0 Å². The molecule has 0 spiro atoms. The molecule has 1 aromatic heterocycles. The Morgan fingerprint density at radius 3 is 2.88 bits per heavy atom. The Bertz CT molecular complexity index is 453. The van der Waals surface area contributed by atoms with Crippen molar-refractivity contribution >= 4 is 11.9 Å². The second kappa shape index (κ2) is 6.47. The van der Waals surface area contributed by atoms with E-state index in [2.05, 4.69) is 10.3 Å². The quantitative estimate of drug-likeness (QED) is 0.710. The lowest BCUT2D eigenvalue weighted by molar-refractivity contribution is -0.124. The Kier molecular flexibility index (Phi) is 4.93. The fourth-order valence-electron chi connectivity index (χ4n) is 1.11. The van der Waals surface area contributed by atoms with Crippen LogP contribution in [0.4, 0.5) is 0 Å². The van der Waals surface area contributed by atoms with Gasteiger partial charge < -0.3 is 15.0 Å². The van der Waals surface area contributed by atoms with E-state index >= 15 is 0 Å². The number of aromatic amines is 1. The van der Waals surface area contributed by atoms with Crippen molar-refractivity contribution in [2.45, 2.75) is 13.3 Å². The standard InChI is InChI=1S/C11H14N2O4/c1-2-5-12-9(14)7-17-11(16)8-4-3-6-13-10(8)15/h3-4,6H,2,5,7H2,1H3,(H,12,14)(H,13,15). The lowest BCUT2D eigenvalue weighted by Crippen LogP contribution is -2.30. The van der Waals surface area contributed by atoms with Gasteiger partial charge in [0.1, 0.15) is 5.56 Å². The first-order valence-electron chi connectivity index (χ1n) is 5.26. The minimum atomic E-state index is -0.807. The minimum Gasteiger partial charge on any atom is -0.452 e. The third-order valence-corrected chi connectivity index (χ3v) is 1.94. The van der Waals surface area contributed by atoms with Crippen molar-refractivity contribution in [2.24, 2.45) is 0 Å². The van der Waals surface area contributed by atoms with Crippen molar-refractivity contribution in [1.29, 1.82) is 0 Å². The molecule has 0 saturated carbocycles. The van der Waals surface area contributed by atoms with E-state index in [0.717, 1.165) is 6.42 Å². The predicted octanol–water partition coefficient (Wildman–Crippen LogP) is 0.0579. The molecule has 1 heterocycles. The zero-order chi connectivity index (χ0) is 12.7. The van der Waals surface area contributed by atoms with E-state index in [0.29, 0.717) is 6.54 Å². The van der Waals surface area contributed by atoms with Crippen molar-refractivity contribution in [2.75, 3.05) is 13.2 Å². The molecule has 0 unspecified atom stereocenters. The first-order chi connectivity index (χ1) is 8.15. The molecule has 0 atom stereocenters. The van der Waals surface area contributed by atoms with Gasteiger partial charge in [-0.15, -0.1) is 0 Å². The lowest BCUT2D eigenvalue weighted by atomic mass is 10.3. The number of rotatable bonds is 5. The molecule has 1 amide bonds. The van der Waals surface area contributed by atoms with E-state index in [-0.39, 0.29) is 18.1 Å². The fourth-order valence-corrected chi connectivity index (χ4v) is 1.11. The van der Waals surface area contributed by atoms with Crippen LogP contribution < -0.4 is 10.9 Å². The topological polar surface area (TPSA) is 88.3 Å². The van der Waals surface area contributed by atoms with Gasteiger partial charge in [-0.2, -0.15) is 0 Å². The van der Waals surface area contributed by atoms with E-state index in [1.54, 1.807) is 0 Å². The number of esters is 1. The molecule has 0 aliphatic carbocycles. The summed E-state index contributed by atoms with van der Waals surface area (Å²) >= 11 is 0. The summed E-state index contributed by atoms with van der Waals surface area (Å²) in [6, 6.07) is 2.85. The van der Waals surface area contributed by atoms with E-state index in [1.165, 1.54) is 18.3 Å². The molecule has 2 N–H and O–H groups in total. The molecule has 92 valence electrons. The number of H-pyrrole nitrogens is 1. The van der Waals surface area contributed by atoms with Gasteiger partial charge in [-0.1, -0.05) is 6.92 Å². The van der Waals surface area contributed by atoms with Gasteiger partial charge in [-0.3, -0.25) is 9.59 Å². The average Bonchev–Trinajstić information content (AvgIpc) is 2.34. The van der Waals surface area contributed by atoms with Gasteiger partial charge in [0.05, 0.1) is 0 Å². The number of pyridine rings is 1. The van der Waals surface area contributed by atoms with Crippen molar-refractivity contribution in [3.63, 3.8) is 0 Å². The van der Waals surface area contributed by atoms with Crippen molar-refractivity contribution in [3.8, 4) is 0 Å². The minimum absolute atomic E-state index is 0.115. The van der Waals surface area contributed by atoms with Crippen LogP contribution in [0.5, 0.6) is 0 Å². The van der Waals surface area contributed by atoms with Crippen LogP contribution in [0.2, 0.25) is 0 Å². The number of ether oxygens (including phenoxy) is 1. The first-order valence-corrected chi connectivity index (χ1v) is 5.26. The Labute approximate surface area is 98.0 Å². The third kappa shape index (κ3) is 4.10. The Hall–Kier alpha value is -2.11. The molecule has 0 bridgehead atoms. The molecule has 0 aliphatic rings. The van der Waals surface area contributed by atoms with Gasteiger partial charge in [-0.25, -0.2) is 4.79 Å². The molecule has 1 aromatic rings. The summed E-state index contributed by atoms with van der Waals surface area (Å²) in [7, 11) is 0. The van der Waals surface area contributed by atoms with Gasteiger partial charge in [0.15, 0.2) is 6.61 Å². The van der Waals surface area contributed by atoms with E-state index in [1.807, 2.05) is 6.92 Å². The number of nitrogens with one attached hydrogen (secondary N) is 2. The molecule has 0 aromatic carbocycles. The number of aromatic nitrogens is 1. The summed E-state index contributed by atoms with van der Waals surface area (Å²) in [5.41, 5.74) is -0.651. The molecule has 0 fully saturated rings. The van der Waals surface area contributed by atoms with Crippen LogP contribution in [0, 0.1) is 0 Å². The van der Waals surface area contributed by atoms with E-state index in [9.17, 15) is 14.4 Å². The highest BCUT2D eigenvalue weighted by atomic mass is 16.5. The van der Waals surface area contributed by atoms with Crippen LogP contribution in [0.1, 0.15) is 23.7 Å². The predicted molar refractivity (Wildman–Crippen MR) is 60.6 cm³/mol. The molecule has 0 saturated heterocycles. The summed E-state index contributed by atoms with van der Waals surface area (Å²) in [5, 5.41) is 2.55. The summed E-state index contributed by atoms with van der Waals surface area (Å²) < 4.78 is 4.70. The number of carbonyl (C=O) groups is 2. The smallest absolute Gasteiger partial charge is 0.344 e. The maximum Gasteiger partial charge on any atom is 0.344 e. The van der Waals surface area contributed by atoms with Gasteiger partial charge >= 0.3 is 5.97 Å². The van der Waals surface area contributed by atoms with Crippen LogP contribution in [-0.4, -0.2) is 30.0 Å². The second-order valence-electron chi connectivity index (χ2n) is 3.34. The largest absolute Gasteiger partial charge is 0.452 e. The Morgan fingerprint density at radius 1 is 1.47 bits per heavy atom. The molecular formula is C11H14N2O4. The van der Waals surface area contributed by atoms with Crippen LogP contribution in [0.25, 0.3) is 0 Å². The van der Waals surface area contributed by atoms with Crippen molar-refractivity contribution in [1.82, 2.24) is 10.3 Å². The van der Waals surface area contributed by atoms with E-state index in [4.69, 9.17) is 4.74 Å². The van der Waals surface area contributed by atoms with Gasteiger partial charge in [0.2, 0.25) is 0 Å². The summed E-state index contributed by atoms with van der Waals surface area (Å²) in [6.45, 7) is 2.06. The fraction of sp³-hybridized carbons (Fsp3) is 0.364. The maximum atomic E-state index is 11.4. The second-order valence-corrected chi connectivity index (χ2v) is 3.34. The van der Waals surface area contributed by atoms with Crippen molar-refractivity contribution in [3.05, 3.63) is 34.2 Å². The normalized spacial score (nSPS) is 9.71. The zero-order valence-corrected chi connectivity index (χ0v) is 9.49. The SMILES string of the molecule is CCCNC(=O)COC(=O)c1ccc[nH]c1=O. The maximum absolute atomic E-state index is 11.4. The Balaban J connectivity index is 2.48. The highest BCUT2D eigenvalue weighted by molar-refractivity contribution is 5.90. The molecule has 6 heteroatoms. The number of hydrogen-bond acceptors (Lipinski definition) is 4. The summed E-state index contributed by atoms with van der Waals surface area (Å²) in [5.74, 6) is -1.19. The van der Waals surface area contributed by atoms with Crippen molar-refractivity contribution < 1.29 is 14.3 Å². The lowest BCUT2D eigenvalue weighted by Gasteiger charge is -2.04. The molecular weight excluding hydrogens is 224 g/mol. The zero-order valence-electron chi connectivity index (χ0n) is 9.49. The number of amides is 1. The molecule has 1 rings (SSSR count). The van der Waals surface area contributed by atoms with Gasteiger partial charge in [0.25, 0.3) is 11.5 Å². The summed E-state index contributed by atoms with van der Waals surface area (Å²) in [6.07, 6.45) is 2.21. The van der Waals surface area contributed by atoms with Crippen LogP contribution in [0.3, 0.4) is 0 Å². The molecule has 17 heavy (non-hydrogen) atoms. The number of carbonyl (C=O) groups excluding carboxylic acids is 2.